The van der Waals surface area contributed by atoms with E-state index in [1.54, 1.807) is 21.9 Å². The number of aromatic amines is 1. The van der Waals surface area contributed by atoms with E-state index in [-0.39, 0.29) is 30.8 Å². The third-order valence-corrected chi connectivity index (χ3v) is 8.56. The molecule has 3 unspecified atom stereocenters. The van der Waals surface area contributed by atoms with Crippen molar-refractivity contribution in [3.05, 3.63) is 84.6 Å². The second-order valence-corrected chi connectivity index (χ2v) is 13.1. The lowest BCUT2D eigenvalue weighted by molar-refractivity contribution is -0.168. The van der Waals surface area contributed by atoms with Gasteiger partial charge < -0.3 is 34.0 Å². The van der Waals surface area contributed by atoms with Crippen molar-refractivity contribution in [1.29, 1.82) is 0 Å². The molecule has 11 heteroatoms. The SMILES string of the molecule is CC(C)(C)OC(=O)N1CC2OC(CC(=O)Nc3ccc(-c4nc5ccccc5o4)cc3)C(=O)N(CCc3c[nH]c4ccccc34)C2C1. The van der Waals surface area contributed by atoms with Gasteiger partial charge in [0, 0.05) is 41.4 Å². The molecule has 5 aromatic rings. The van der Waals surface area contributed by atoms with Crippen LogP contribution in [0.3, 0.4) is 0 Å². The van der Waals surface area contributed by atoms with E-state index in [2.05, 4.69) is 21.4 Å². The minimum Gasteiger partial charge on any atom is -0.444 e. The number of anilines is 1. The molecule has 2 aliphatic rings. The van der Waals surface area contributed by atoms with Crippen molar-refractivity contribution in [3.8, 4) is 11.5 Å². The number of para-hydroxylation sites is 3. The van der Waals surface area contributed by atoms with Crippen LogP contribution in [0.4, 0.5) is 10.5 Å². The Morgan fingerprint density at radius 3 is 2.57 bits per heavy atom. The summed E-state index contributed by atoms with van der Waals surface area (Å²) < 4.78 is 17.7. The van der Waals surface area contributed by atoms with Gasteiger partial charge in [0.1, 0.15) is 17.2 Å². The molecule has 2 N–H and O–H groups in total. The molecule has 3 atom stereocenters. The van der Waals surface area contributed by atoms with Crippen molar-refractivity contribution in [2.24, 2.45) is 0 Å². The van der Waals surface area contributed by atoms with Crippen LogP contribution in [0.5, 0.6) is 0 Å². The first-order valence-electron chi connectivity index (χ1n) is 15.9. The molecular weight excluding hydrogens is 598 g/mol. The van der Waals surface area contributed by atoms with Gasteiger partial charge in [-0.1, -0.05) is 30.3 Å². The van der Waals surface area contributed by atoms with Gasteiger partial charge in [0.15, 0.2) is 5.58 Å². The number of nitrogens with zero attached hydrogens (tertiary/aromatic N) is 3. The zero-order chi connectivity index (χ0) is 32.7. The van der Waals surface area contributed by atoms with E-state index in [9.17, 15) is 14.4 Å². The molecule has 0 spiro atoms. The van der Waals surface area contributed by atoms with Crippen molar-refractivity contribution in [3.63, 3.8) is 0 Å². The van der Waals surface area contributed by atoms with E-state index < -0.39 is 23.9 Å². The maximum atomic E-state index is 13.9. The number of rotatable bonds is 7. The lowest BCUT2D eigenvalue weighted by Crippen LogP contribution is -2.59. The Hall–Kier alpha value is -5.16. The second kappa shape index (κ2) is 12.2. The zero-order valence-corrected chi connectivity index (χ0v) is 26.6. The van der Waals surface area contributed by atoms with Gasteiger partial charge in [-0.2, -0.15) is 0 Å². The van der Waals surface area contributed by atoms with E-state index in [1.165, 1.54) is 0 Å². The summed E-state index contributed by atoms with van der Waals surface area (Å²) in [6.45, 7) is 6.44. The Bertz CT molecular complexity index is 1910. The van der Waals surface area contributed by atoms with Crippen molar-refractivity contribution < 1.29 is 28.3 Å². The number of H-pyrrole nitrogens is 1. The minimum atomic E-state index is -0.989. The highest BCUT2D eigenvalue weighted by atomic mass is 16.6. The first-order chi connectivity index (χ1) is 22.6. The maximum Gasteiger partial charge on any atom is 0.410 e. The number of carbonyl (C=O) groups excluding carboxylic acids is 3. The van der Waals surface area contributed by atoms with Crippen LogP contribution in [0.15, 0.2) is 83.4 Å². The minimum absolute atomic E-state index is 0.162. The Balaban J connectivity index is 1.05. The summed E-state index contributed by atoms with van der Waals surface area (Å²) in [4.78, 5) is 51.3. The summed E-state index contributed by atoms with van der Waals surface area (Å²) in [5.74, 6) is -0.127. The molecule has 0 saturated carbocycles. The molecule has 0 aliphatic carbocycles. The van der Waals surface area contributed by atoms with Gasteiger partial charge in [-0.25, -0.2) is 9.78 Å². The van der Waals surface area contributed by atoms with E-state index >= 15 is 0 Å². The topological polar surface area (TPSA) is 130 Å². The Labute approximate surface area is 271 Å². The van der Waals surface area contributed by atoms with Crippen molar-refractivity contribution in [2.45, 2.75) is 57.5 Å². The Kier molecular flexibility index (Phi) is 7.93. The van der Waals surface area contributed by atoms with E-state index in [1.807, 2.05) is 81.6 Å². The number of morpholine rings is 1. The summed E-state index contributed by atoms with van der Waals surface area (Å²) in [6, 6.07) is 22.4. The molecule has 7 rings (SSSR count). The highest BCUT2D eigenvalue weighted by molar-refractivity contribution is 5.95. The third kappa shape index (κ3) is 6.44. The number of hydrogen-bond donors (Lipinski definition) is 2. The van der Waals surface area contributed by atoms with Crippen LogP contribution in [-0.4, -0.2) is 81.2 Å². The molecule has 3 amide bonds. The smallest absolute Gasteiger partial charge is 0.410 e. The number of nitrogens with one attached hydrogen (secondary N) is 2. The first-order valence-corrected chi connectivity index (χ1v) is 15.9. The lowest BCUT2D eigenvalue weighted by Gasteiger charge is -2.40. The summed E-state index contributed by atoms with van der Waals surface area (Å²) in [5, 5.41) is 3.99. The Morgan fingerprint density at radius 1 is 1.02 bits per heavy atom. The average molecular weight is 636 g/mol. The van der Waals surface area contributed by atoms with Crippen molar-refractivity contribution in [2.75, 3.05) is 25.0 Å². The number of ether oxygens (including phenoxy) is 2. The molecule has 2 saturated heterocycles. The maximum absolute atomic E-state index is 13.9. The number of likely N-dealkylation sites (tertiary alicyclic amines) is 1. The molecule has 2 aliphatic heterocycles. The molecule has 0 radical (unpaired) electrons. The van der Waals surface area contributed by atoms with Gasteiger partial charge >= 0.3 is 6.09 Å². The van der Waals surface area contributed by atoms with Crippen LogP contribution >= 0.6 is 0 Å². The molecule has 0 bridgehead atoms. The third-order valence-electron chi connectivity index (χ3n) is 8.56. The standard InChI is InChI=1S/C36H37N5O6/c1-36(2,3)47-35(44)40-20-28-31(21-40)45-30(34(43)41(28)17-16-23-19-37-26-9-5-4-8-25(23)26)18-32(42)38-24-14-12-22(13-15-24)33-39-27-10-6-7-11-29(27)46-33/h4-15,19,28,30-31,37H,16-18,20-21H2,1-3H3,(H,38,42). The fraction of sp³-hybridized carbons (Fsp3) is 0.333. The predicted octanol–water partition coefficient (Wildman–Crippen LogP) is 5.76. The number of fused-ring (bicyclic) bond motifs is 3. The van der Waals surface area contributed by atoms with Gasteiger partial charge in [0.05, 0.1) is 25.1 Å². The molecule has 47 heavy (non-hydrogen) atoms. The van der Waals surface area contributed by atoms with Gasteiger partial charge in [0.2, 0.25) is 11.8 Å². The van der Waals surface area contributed by atoms with Crippen LogP contribution in [-0.2, 0) is 25.5 Å². The number of amides is 3. The molecule has 242 valence electrons. The number of carbonyl (C=O) groups is 3. The Morgan fingerprint density at radius 2 is 1.79 bits per heavy atom. The van der Waals surface area contributed by atoms with Crippen LogP contribution in [0.2, 0.25) is 0 Å². The number of hydrogen-bond acceptors (Lipinski definition) is 7. The van der Waals surface area contributed by atoms with Crippen LogP contribution < -0.4 is 5.32 Å². The fourth-order valence-corrected chi connectivity index (χ4v) is 6.35. The molecule has 4 heterocycles. The van der Waals surface area contributed by atoms with Crippen LogP contribution in [0.25, 0.3) is 33.5 Å². The molecule has 2 aromatic heterocycles. The van der Waals surface area contributed by atoms with E-state index in [0.29, 0.717) is 36.7 Å². The molecular formula is C36H37N5O6. The lowest BCUT2D eigenvalue weighted by atomic mass is 10.0. The van der Waals surface area contributed by atoms with Gasteiger partial charge in [-0.05, 0) is 75.2 Å². The van der Waals surface area contributed by atoms with Crippen LogP contribution in [0.1, 0.15) is 32.8 Å². The largest absolute Gasteiger partial charge is 0.444 e. The van der Waals surface area contributed by atoms with Crippen molar-refractivity contribution in [1.82, 2.24) is 19.8 Å². The number of oxazole rings is 1. The van der Waals surface area contributed by atoms with Crippen molar-refractivity contribution >= 4 is 45.6 Å². The second-order valence-electron chi connectivity index (χ2n) is 13.1. The normalized spacial score (nSPS) is 19.7. The van der Waals surface area contributed by atoms with E-state index in [0.717, 1.165) is 27.5 Å². The molecule has 3 aromatic carbocycles. The van der Waals surface area contributed by atoms with Gasteiger partial charge in [-0.3, -0.25) is 9.59 Å². The first kappa shape index (κ1) is 30.5. The monoisotopic (exact) mass is 635 g/mol. The summed E-state index contributed by atoms with van der Waals surface area (Å²) in [6.07, 6.45) is 0.528. The van der Waals surface area contributed by atoms with Gasteiger partial charge in [0.25, 0.3) is 5.91 Å². The number of aromatic nitrogens is 2. The quantitative estimate of drug-likeness (QED) is 0.233. The summed E-state index contributed by atoms with van der Waals surface area (Å²) in [7, 11) is 0. The molecule has 11 nitrogen and oxygen atoms in total. The average Bonchev–Trinajstić information content (AvgIpc) is 3.78. The highest BCUT2D eigenvalue weighted by Gasteiger charge is 2.49. The summed E-state index contributed by atoms with van der Waals surface area (Å²) >= 11 is 0. The van der Waals surface area contributed by atoms with E-state index in [4.69, 9.17) is 13.9 Å². The zero-order valence-electron chi connectivity index (χ0n) is 26.6. The van der Waals surface area contributed by atoms with Crippen LogP contribution in [0, 0.1) is 0 Å². The molecule has 2 fully saturated rings. The highest BCUT2D eigenvalue weighted by Crippen LogP contribution is 2.31. The van der Waals surface area contributed by atoms with Gasteiger partial charge in [-0.15, -0.1) is 0 Å². The fourth-order valence-electron chi connectivity index (χ4n) is 6.35. The predicted molar refractivity (Wildman–Crippen MR) is 177 cm³/mol. The summed E-state index contributed by atoms with van der Waals surface area (Å²) in [5.41, 5.74) is 4.29. The number of benzene rings is 3.